The summed E-state index contributed by atoms with van der Waals surface area (Å²) in [4.78, 5) is 0. The molecule has 2 saturated carbocycles. The van der Waals surface area contributed by atoms with Crippen molar-refractivity contribution in [1.29, 1.82) is 0 Å². The summed E-state index contributed by atoms with van der Waals surface area (Å²) >= 11 is 0. The minimum Gasteiger partial charge on any atom is -0.246 e. The highest BCUT2D eigenvalue weighted by Crippen LogP contribution is 2.98. The first kappa shape index (κ1) is 20.8. The molecule has 8 nitrogen and oxygen atoms in total. The van der Waals surface area contributed by atoms with E-state index in [1.807, 2.05) is 0 Å². The molecule has 3 spiro atoms. The van der Waals surface area contributed by atoms with Gasteiger partial charge in [-0.2, -0.15) is 0 Å². The Balaban J connectivity index is 1.53. The SMILES string of the molecule is CC[C@@H](C)CC[C@H]1[C@@H](C)CC[C@H]2C(C)(C)C34OP(=O)(O3)OC43OP4(=O)OC3(O4)[C@]12C. The largest absolute Gasteiger partial charge is 0.483 e. The third-order valence-electron chi connectivity index (χ3n) is 9.50. The summed E-state index contributed by atoms with van der Waals surface area (Å²) < 4.78 is 61.5. The van der Waals surface area contributed by atoms with Crippen LogP contribution < -0.4 is 0 Å². The molecular formula is C20H32O8P2. The van der Waals surface area contributed by atoms with E-state index in [1.54, 1.807) is 0 Å². The molecule has 6 aliphatic heterocycles. The molecule has 0 radical (unpaired) electrons. The molecule has 6 saturated heterocycles. The van der Waals surface area contributed by atoms with Crippen molar-refractivity contribution in [3.8, 4) is 0 Å². The molecule has 0 aromatic carbocycles. The van der Waals surface area contributed by atoms with Crippen molar-refractivity contribution in [3.63, 3.8) is 0 Å². The van der Waals surface area contributed by atoms with Crippen LogP contribution in [0.3, 0.4) is 0 Å². The summed E-state index contributed by atoms with van der Waals surface area (Å²) in [6.45, 7) is 13.0. The molecule has 6 heterocycles. The maximum atomic E-state index is 13.0. The van der Waals surface area contributed by atoms with Gasteiger partial charge < -0.3 is 0 Å². The number of fused-ring (bicyclic) bond motifs is 1. The highest BCUT2D eigenvalue weighted by Gasteiger charge is 3.05. The van der Waals surface area contributed by atoms with Crippen LogP contribution in [0.25, 0.3) is 0 Å². The summed E-state index contributed by atoms with van der Waals surface area (Å²) in [5.74, 6) is -3.31. The summed E-state index contributed by atoms with van der Waals surface area (Å²) in [5.41, 5.74) is -1.18. The molecule has 8 fully saturated rings. The molecule has 8 aliphatic rings. The number of hydrogen-bond donors (Lipinski definition) is 0. The first-order valence-corrected chi connectivity index (χ1v) is 14.2. The fraction of sp³-hybridized carbons (Fsp3) is 1.00. The molecule has 6 atom stereocenters. The van der Waals surface area contributed by atoms with E-state index in [0.717, 1.165) is 32.1 Å². The fourth-order valence-electron chi connectivity index (χ4n) is 7.80. The van der Waals surface area contributed by atoms with E-state index in [4.69, 9.17) is 27.1 Å². The van der Waals surface area contributed by atoms with Crippen LogP contribution in [0.4, 0.5) is 0 Å². The number of hydrogen-bond acceptors (Lipinski definition) is 8. The van der Waals surface area contributed by atoms with Crippen LogP contribution in [0.15, 0.2) is 0 Å². The van der Waals surface area contributed by atoms with Gasteiger partial charge in [0, 0.05) is 10.8 Å². The van der Waals surface area contributed by atoms with Gasteiger partial charge in [0.2, 0.25) is 0 Å². The van der Waals surface area contributed by atoms with Crippen LogP contribution in [0.1, 0.15) is 73.6 Å². The van der Waals surface area contributed by atoms with Crippen LogP contribution in [0.5, 0.6) is 0 Å². The van der Waals surface area contributed by atoms with Gasteiger partial charge in [-0.1, -0.05) is 60.8 Å². The van der Waals surface area contributed by atoms with E-state index in [2.05, 4.69) is 41.5 Å². The van der Waals surface area contributed by atoms with Crippen LogP contribution in [0, 0.1) is 34.5 Å². The van der Waals surface area contributed by atoms with Crippen molar-refractivity contribution in [1.82, 2.24) is 0 Å². The van der Waals surface area contributed by atoms with Crippen LogP contribution in [0.2, 0.25) is 0 Å². The Morgan fingerprint density at radius 2 is 1.43 bits per heavy atom. The van der Waals surface area contributed by atoms with Gasteiger partial charge in [0.05, 0.1) is 0 Å². The zero-order valence-corrected chi connectivity index (χ0v) is 20.3. The third kappa shape index (κ3) is 1.85. The van der Waals surface area contributed by atoms with Gasteiger partial charge in [-0.3, -0.25) is 0 Å². The molecule has 1 unspecified atom stereocenters. The molecule has 0 amide bonds. The molecule has 10 heteroatoms. The van der Waals surface area contributed by atoms with Gasteiger partial charge in [0.25, 0.3) is 11.6 Å². The molecule has 0 N–H and O–H groups in total. The van der Waals surface area contributed by atoms with Gasteiger partial charge in [-0.05, 0) is 36.5 Å². The minimum atomic E-state index is -3.80. The average Bonchev–Trinajstić information content (AvgIpc) is 3.21. The standard InChI is InChI=1S/C20H32O8P2/c1-7-12(2)8-10-14-13(3)9-11-15-16(4,5)18-20(27-29(21,23-18)24-18)19(17(14,15)6)25-30(22,26-19)28-20/h12-15H,7-11H2,1-6H3/t12-,13+,14+,15+,17-,18?,19?,20?,29?,30?/m1/s1. The van der Waals surface area contributed by atoms with Crippen molar-refractivity contribution < 1.29 is 36.3 Å². The maximum absolute atomic E-state index is 13.0. The second kappa shape index (κ2) is 5.47. The van der Waals surface area contributed by atoms with Gasteiger partial charge in [-0.15, -0.1) is 0 Å². The second-order valence-corrected chi connectivity index (χ2v) is 14.0. The van der Waals surface area contributed by atoms with Crippen LogP contribution in [-0.2, 0) is 36.3 Å². The lowest BCUT2D eigenvalue weighted by Gasteiger charge is -2.70. The molecule has 170 valence electrons. The van der Waals surface area contributed by atoms with Gasteiger partial charge in [0.1, 0.15) is 0 Å². The van der Waals surface area contributed by atoms with E-state index in [-0.39, 0.29) is 11.8 Å². The Morgan fingerprint density at radius 3 is 2.00 bits per heavy atom. The number of rotatable bonds is 4. The predicted octanol–water partition coefficient (Wildman–Crippen LogP) is 5.98. The van der Waals surface area contributed by atoms with Crippen molar-refractivity contribution in [2.45, 2.75) is 91.0 Å². The predicted molar refractivity (Wildman–Crippen MR) is 106 cm³/mol. The Morgan fingerprint density at radius 1 is 0.900 bits per heavy atom. The van der Waals surface area contributed by atoms with Gasteiger partial charge >= 0.3 is 21.4 Å². The lowest BCUT2D eigenvalue weighted by atomic mass is 9.41. The van der Waals surface area contributed by atoms with E-state index in [9.17, 15) is 9.13 Å². The van der Waals surface area contributed by atoms with Crippen LogP contribution in [-0.4, -0.2) is 17.4 Å². The monoisotopic (exact) mass is 462 g/mol. The Kier molecular flexibility index (Phi) is 3.79. The first-order chi connectivity index (χ1) is 13.8. The van der Waals surface area contributed by atoms with E-state index < -0.39 is 43.8 Å². The van der Waals surface area contributed by atoms with E-state index in [1.165, 1.54) is 0 Å². The molecule has 4 bridgehead atoms. The molecule has 30 heavy (non-hydrogen) atoms. The van der Waals surface area contributed by atoms with Crippen LogP contribution >= 0.6 is 15.6 Å². The summed E-state index contributed by atoms with van der Waals surface area (Å²) in [6.07, 6.45) is 5.20. The Bertz CT molecular complexity index is 894. The zero-order valence-electron chi connectivity index (χ0n) is 18.5. The molecular weight excluding hydrogens is 430 g/mol. The third-order valence-corrected chi connectivity index (χ3v) is 12.4. The quantitative estimate of drug-likeness (QED) is 0.472. The minimum absolute atomic E-state index is 0.0576. The zero-order chi connectivity index (χ0) is 21.6. The Hall–Kier alpha value is 0.220. The molecule has 2 aliphatic carbocycles. The summed E-state index contributed by atoms with van der Waals surface area (Å²) in [5, 5.41) is 0. The van der Waals surface area contributed by atoms with E-state index in [0.29, 0.717) is 11.8 Å². The van der Waals surface area contributed by atoms with Gasteiger partial charge in [-0.25, -0.2) is 36.3 Å². The normalized spacial score (nSPS) is 62.5. The Labute approximate surface area is 177 Å². The van der Waals surface area contributed by atoms with Crippen molar-refractivity contribution in [3.05, 3.63) is 0 Å². The number of phosphoric ester groups is 2. The lowest BCUT2D eigenvalue weighted by Crippen LogP contribution is -2.84. The molecule has 0 aromatic heterocycles. The summed E-state index contributed by atoms with van der Waals surface area (Å²) in [6, 6.07) is 0. The topological polar surface area (TPSA) is 89.5 Å². The molecule has 0 aromatic rings. The smallest absolute Gasteiger partial charge is 0.246 e. The fourth-order valence-corrected chi connectivity index (χ4v) is 11.8. The summed E-state index contributed by atoms with van der Waals surface area (Å²) in [7, 11) is -7.58. The lowest BCUT2D eigenvalue weighted by molar-refractivity contribution is -0.459. The first-order valence-electron chi connectivity index (χ1n) is 11.3. The maximum Gasteiger partial charge on any atom is 0.483 e. The van der Waals surface area contributed by atoms with E-state index >= 15 is 0 Å². The van der Waals surface area contributed by atoms with Crippen molar-refractivity contribution >= 4 is 15.6 Å². The van der Waals surface area contributed by atoms with Gasteiger partial charge in [0.15, 0.2) is 0 Å². The molecule has 8 rings (SSSR count). The average molecular weight is 462 g/mol. The second-order valence-electron chi connectivity index (χ2n) is 11.1. The highest BCUT2D eigenvalue weighted by atomic mass is 31.2. The number of phosphoric acid groups is 2. The van der Waals surface area contributed by atoms with Crippen molar-refractivity contribution in [2.24, 2.45) is 34.5 Å². The highest BCUT2D eigenvalue weighted by molar-refractivity contribution is 7.51. The van der Waals surface area contributed by atoms with Crippen molar-refractivity contribution in [2.75, 3.05) is 0 Å².